The van der Waals surface area contributed by atoms with Gasteiger partial charge in [-0.25, -0.2) is 4.39 Å². The molecule has 0 amide bonds. The van der Waals surface area contributed by atoms with E-state index >= 15 is 0 Å². The molecule has 0 spiro atoms. The minimum Gasteiger partial charge on any atom is -0.299 e. The van der Waals surface area contributed by atoms with Crippen molar-refractivity contribution in [2.24, 2.45) is 0 Å². The number of Topliss-reactive ketones (excluding diaryl/α,β-unsaturated/α-hetero) is 1. The fourth-order valence-corrected chi connectivity index (χ4v) is 1.89. The smallest absolute Gasteiger partial charge is 0.136 e. The Morgan fingerprint density at radius 2 is 1.78 bits per heavy atom. The fourth-order valence-electron chi connectivity index (χ4n) is 1.89. The standard InChI is InChI=1S/C16H15FO/c1-11(12(2)18)14-8-9-15(16(17)10-14)13-6-4-3-5-7-13/h3-11H,1-2H3/t11-/m1/s1. The van der Waals surface area contributed by atoms with Crippen molar-refractivity contribution in [2.45, 2.75) is 19.8 Å². The van der Waals surface area contributed by atoms with Crippen molar-refractivity contribution >= 4 is 5.78 Å². The molecular weight excluding hydrogens is 227 g/mol. The highest BCUT2D eigenvalue weighted by Gasteiger charge is 2.13. The topological polar surface area (TPSA) is 17.1 Å². The van der Waals surface area contributed by atoms with Crippen LogP contribution < -0.4 is 0 Å². The highest BCUT2D eigenvalue weighted by atomic mass is 19.1. The third-order valence-electron chi connectivity index (χ3n) is 3.19. The van der Waals surface area contributed by atoms with E-state index in [4.69, 9.17) is 0 Å². The maximum absolute atomic E-state index is 14.0. The number of benzene rings is 2. The first kappa shape index (κ1) is 12.5. The molecule has 0 bridgehead atoms. The summed E-state index contributed by atoms with van der Waals surface area (Å²) < 4.78 is 14.0. The molecule has 0 radical (unpaired) electrons. The summed E-state index contributed by atoms with van der Waals surface area (Å²) in [5.74, 6) is -0.502. The van der Waals surface area contributed by atoms with Gasteiger partial charge < -0.3 is 0 Å². The van der Waals surface area contributed by atoms with E-state index in [-0.39, 0.29) is 17.5 Å². The average Bonchev–Trinajstić information content (AvgIpc) is 2.38. The predicted molar refractivity (Wildman–Crippen MR) is 70.9 cm³/mol. The first-order valence-corrected chi connectivity index (χ1v) is 5.95. The van der Waals surface area contributed by atoms with Crippen LogP contribution in [0.1, 0.15) is 25.3 Å². The lowest BCUT2D eigenvalue weighted by Crippen LogP contribution is -2.04. The Morgan fingerprint density at radius 3 is 2.33 bits per heavy atom. The Hall–Kier alpha value is -1.96. The molecule has 18 heavy (non-hydrogen) atoms. The quantitative estimate of drug-likeness (QED) is 0.788. The molecular formula is C16H15FO. The van der Waals surface area contributed by atoms with Crippen LogP contribution in [0.3, 0.4) is 0 Å². The Morgan fingerprint density at radius 1 is 1.11 bits per heavy atom. The lowest BCUT2D eigenvalue weighted by atomic mass is 9.95. The van der Waals surface area contributed by atoms with Gasteiger partial charge in [-0.15, -0.1) is 0 Å². The van der Waals surface area contributed by atoms with Crippen molar-refractivity contribution < 1.29 is 9.18 Å². The molecule has 2 aromatic carbocycles. The Bertz CT molecular complexity index is 561. The maximum atomic E-state index is 14.0. The Kier molecular flexibility index (Phi) is 3.56. The van der Waals surface area contributed by atoms with Crippen LogP contribution in [0, 0.1) is 5.82 Å². The maximum Gasteiger partial charge on any atom is 0.136 e. The Balaban J connectivity index is 2.40. The molecule has 0 aliphatic heterocycles. The Labute approximate surface area is 106 Å². The highest BCUT2D eigenvalue weighted by molar-refractivity contribution is 5.83. The van der Waals surface area contributed by atoms with Crippen molar-refractivity contribution in [2.75, 3.05) is 0 Å². The minimum absolute atomic E-state index is 0.0434. The summed E-state index contributed by atoms with van der Waals surface area (Å²) in [6.45, 7) is 3.31. The summed E-state index contributed by atoms with van der Waals surface area (Å²) in [5.41, 5.74) is 2.13. The van der Waals surface area contributed by atoms with Crippen molar-refractivity contribution in [1.29, 1.82) is 0 Å². The molecule has 1 nitrogen and oxygen atoms in total. The van der Waals surface area contributed by atoms with Crippen LogP contribution in [-0.4, -0.2) is 5.78 Å². The van der Waals surface area contributed by atoms with Gasteiger partial charge in [0.1, 0.15) is 11.6 Å². The second-order valence-corrected chi connectivity index (χ2v) is 4.44. The molecule has 0 heterocycles. The molecule has 0 saturated heterocycles. The molecule has 2 rings (SSSR count). The molecule has 0 fully saturated rings. The van der Waals surface area contributed by atoms with E-state index in [0.717, 1.165) is 11.1 Å². The van der Waals surface area contributed by atoms with Crippen LogP contribution in [-0.2, 0) is 4.79 Å². The number of carbonyl (C=O) groups is 1. The minimum atomic E-state index is -0.285. The normalized spacial score (nSPS) is 12.2. The van der Waals surface area contributed by atoms with Crippen molar-refractivity contribution in [3.63, 3.8) is 0 Å². The lowest BCUT2D eigenvalue weighted by Gasteiger charge is -2.10. The van der Waals surface area contributed by atoms with E-state index in [1.807, 2.05) is 36.4 Å². The van der Waals surface area contributed by atoms with Crippen LogP contribution in [0.5, 0.6) is 0 Å². The predicted octanol–water partition coefficient (Wildman–Crippen LogP) is 4.19. The molecule has 1 atom stereocenters. The summed E-state index contributed by atoms with van der Waals surface area (Å²) in [4.78, 5) is 11.3. The van der Waals surface area contributed by atoms with Gasteiger partial charge in [0.25, 0.3) is 0 Å². The van der Waals surface area contributed by atoms with Crippen LogP contribution in [0.4, 0.5) is 4.39 Å². The van der Waals surface area contributed by atoms with Gasteiger partial charge in [0.2, 0.25) is 0 Å². The summed E-state index contributed by atoms with van der Waals surface area (Å²) in [5, 5.41) is 0. The van der Waals surface area contributed by atoms with E-state index in [2.05, 4.69) is 0 Å². The molecule has 0 aliphatic carbocycles. The monoisotopic (exact) mass is 242 g/mol. The van der Waals surface area contributed by atoms with Gasteiger partial charge in [-0.1, -0.05) is 49.4 Å². The van der Waals surface area contributed by atoms with Crippen LogP contribution in [0.25, 0.3) is 11.1 Å². The van der Waals surface area contributed by atoms with Gasteiger partial charge in [0.05, 0.1) is 0 Å². The van der Waals surface area contributed by atoms with Crippen LogP contribution >= 0.6 is 0 Å². The van der Waals surface area contributed by atoms with Crippen molar-refractivity contribution in [3.05, 3.63) is 59.9 Å². The number of rotatable bonds is 3. The van der Waals surface area contributed by atoms with E-state index in [1.165, 1.54) is 13.0 Å². The molecule has 0 unspecified atom stereocenters. The molecule has 92 valence electrons. The second-order valence-electron chi connectivity index (χ2n) is 4.44. The number of ketones is 1. The van der Waals surface area contributed by atoms with Crippen LogP contribution in [0.15, 0.2) is 48.5 Å². The summed E-state index contributed by atoms with van der Waals surface area (Å²) in [6, 6.07) is 14.4. The number of carbonyl (C=O) groups excluding carboxylic acids is 1. The zero-order chi connectivity index (χ0) is 13.1. The summed E-state index contributed by atoms with van der Waals surface area (Å²) in [7, 11) is 0. The average molecular weight is 242 g/mol. The first-order valence-electron chi connectivity index (χ1n) is 5.95. The third kappa shape index (κ3) is 2.48. The van der Waals surface area contributed by atoms with Gasteiger partial charge in [-0.2, -0.15) is 0 Å². The van der Waals surface area contributed by atoms with Gasteiger partial charge in [-0.3, -0.25) is 4.79 Å². The van der Waals surface area contributed by atoms with E-state index in [9.17, 15) is 9.18 Å². The zero-order valence-corrected chi connectivity index (χ0v) is 10.5. The molecule has 0 aromatic heterocycles. The first-order chi connectivity index (χ1) is 8.59. The number of hydrogen-bond donors (Lipinski definition) is 0. The largest absolute Gasteiger partial charge is 0.299 e. The van der Waals surface area contributed by atoms with Gasteiger partial charge >= 0.3 is 0 Å². The molecule has 0 saturated carbocycles. The molecule has 2 aromatic rings. The van der Waals surface area contributed by atoms with E-state index < -0.39 is 0 Å². The molecule has 0 aliphatic rings. The van der Waals surface area contributed by atoms with E-state index in [0.29, 0.717) is 5.56 Å². The lowest BCUT2D eigenvalue weighted by molar-refractivity contribution is -0.118. The van der Waals surface area contributed by atoms with Gasteiger partial charge in [0.15, 0.2) is 0 Å². The second kappa shape index (κ2) is 5.13. The number of hydrogen-bond acceptors (Lipinski definition) is 1. The van der Waals surface area contributed by atoms with Crippen LogP contribution in [0.2, 0.25) is 0 Å². The van der Waals surface area contributed by atoms with Crippen molar-refractivity contribution in [1.82, 2.24) is 0 Å². The highest BCUT2D eigenvalue weighted by Crippen LogP contribution is 2.26. The summed E-state index contributed by atoms with van der Waals surface area (Å²) >= 11 is 0. The van der Waals surface area contributed by atoms with Crippen molar-refractivity contribution in [3.8, 4) is 11.1 Å². The molecule has 0 N–H and O–H groups in total. The van der Waals surface area contributed by atoms with E-state index in [1.54, 1.807) is 13.0 Å². The fraction of sp³-hybridized carbons (Fsp3) is 0.188. The number of halogens is 1. The third-order valence-corrected chi connectivity index (χ3v) is 3.19. The SMILES string of the molecule is CC(=O)[C@@H](C)c1ccc(-c2ccccc2)c(F)c1. The van der Waals surface area contributed by atoms with Gasteiger partial charge in [0, 0.05) is 11.5 Å². The molecule has 2 heteroatoms. The summed E-state index contributed by atoms with van der Waals surface area (Å²) in [6.07, 6.45) is 0. The zero-order valence-electron chi connectivity index (χ0n) is 10.5. The van der Waals surface area contributed by atoms with Gasteiger partial charge in [-0.05, 0) is 24.1 Å².